The molecule has 0 aliphatic rings. The molecule has 6 heteroatoms. The molecule has 0 heterocycles. The summed E-state index contributed by atoms with van der Waals surface area (Å²) in [6.07, 6.45) is 0. The molecular formula is C20H25N3O3. The number of ether oxygens (including phenoxy) is 1. The van der Waals surface area contributed by atoms with Crippen LogP contribution in [0.15, 0.2) is 54.6 Å². The van der Waals surface area contributed by atoms with Crippen LogP contribution in [0.4, 0.5) is 5.69 Å². The fraction of sp³-hybridized carbons (Fsp3) is 0.300. The fourth-order valence-corrected chi connectivity index (χ4v) is 2.17. The topological polar surface area (TPSA) is 93.5 Å². The Bertz CT molecular complexity index is 715. The summed E-state index contributed by atoms with van der Waals surface area (Å²) in [4.78, 5) is 23.6. The van der Waals surface area contributed by atoms with Crippen LogP contribution in [0.25, 0.3) is 0 Å². The number of rotatable bonds is 8. The van der Waals surface area contributed by atoms with Gasteiger partial charge in [0.15, 0.2) is 0 Å². The van der Waals surface area contributed by atoms with Crippen molar-refractivity contribution in [1.29, 1.82) is 0 Å². The molecule has 0 aliphatic carbocycles. The monoisotopic (exact) mass is 355 g/mol. The van der Waals surface area contributed by atoms with Crippen molar-refractivity contribution in [1.82, 2.24) is 5.32 Å². The maximum Gasteiger partial charge on any atom is 0.243 e. The molecule has 0 aromatic heterocycles. The van der Waals surface area contributed by atoms with E-state index in [0.717, 1.165) is 5.56 Å². The van der Waals surface area contributed by atoms with Crippen LogP contribution >= 0.6 is 0 Å². The van der Waals surface area contributed by atoms with Crippen molar-refractivity contribution >= 4 is 17.5 Å². The van der Waals surface area contributed by atoms with Gasteiger partial charge in [-0.25, -0.2) is 0 Å². The smallest absolute Gasteiger partial charge is 0.243 e. The van der Waals surface area contributed by atoms with Gasteiger partial charge in [0.1, 0.15) is 12.4 Å². The SMILES string of the molecule is CC(C)[C@H](N)C(=O)NCC(=O)Nc1ccc(OCc2ccccc2)cc1. The second-order valence-electron chi connectivity index (χ2n) is 6.33. The first kappa shape index (κ1) is 19.5. The lowest BCUT2D eigenvalue weighted by atomic mass is 10.1. The number of anilines is 1. The van der Waals surface area contributed by atoms with E-state index in [1.54, 1.807) is 24.3 Å². The summed E-state index contributed by atoms with van der Waals surface area (Å²) in [6.45, 7) is 4.07. The van der Waals surface area contributed by atoms with Gasteiger partial charge in [0.05, 0.1) is 12.6 Å². The molecule has 0 bridgehead atoms. The molecule has 2 rings (SSSR count). The number of benzene rings is 2. The average molecular weight is 355 g/mol. The van der Waals surface area contributed by atoms with Gasteiger partial charge in [0.25, 0.3) is 0 Å². The number of hydrogen-bond acceptors (Lipinski definition) is 4. The Morgan fingerprint density at radius 1 is 1.04 bits per heavy atom. The Balaban J connectivity index is 1.77. The summed E-state index contributed by atoms with van der Waals surface area (Å²) < 4.78 is 5.70. The van der Waals surface area contributed by atoms with E-state index < -0.39 is 6.04 Å². The molecule has 0 saturated carbocycles. The average Bonchev–Trinajstić information content (AvgIpc) is 2.65. The van der Waals surface area contributed by atoms with E-state index in [9.17, 15) is 9.59 Å². The molecule has 0 fully saturated rings. The largest absolute Gasteiger partial charge is 0.489 e. The zero-order valence-corrected chi connectivity index (χ0v) is 15.1. The van der Waals surface area contributed by atoms with E-state index in [2.05, 4.69) is 10.6 Å². The summed E-state index contributed by atoms with van der Waals surface area (Å²) in [7, 11) is 0. The Labute approximate surface area is 153 Å². The lowest BCUT2D eigenvalue weighted by Crippen LogP contribution is -2.46. The van der Waals surface area contributed by atoms with E-state index in [1.165, 1.54) is 0 Å². The summed E-state index contributed by atoms with van der Waals surface area (Å²) in [5, 5.41) is 5.25. The maximum absolute atomic E-state index is 11.9. The van der Waals surface area contributed by atoms with Crippen molar-refractivity contribution in [3.8, 4) is 5.75 Å². The van der Waals surface area contributed by atoms with Gasteiger partial charge in [-0.2, -0.15) is 0 Å². The van der Waals surface area contributed by atoms with Gasteiger partial charge >= 0.3 is 0 Å². The first-order chi connectivity index (χ1) is 12.5. The minimum absolute atomic E-state index is 0.0153. The third kappa shape index (κ3) is 6.22. The summed E-state index contributed by atoms with van der Waals surface area (Å²) in [6, 6.07) is 16.3. The lowest BCUT2D eigenvalue weighted by Gasteiger charge is -2.15. The zero-order valence-electron chi connectivity index (χ0n) is 15.1. The van der Waals surface area contributed by atoms with Crippen molar-refractivity contribution in [3.05, 3.63) is 60.2 Å². The predicted molar refractivity (Wildman–Crippen MR) is 102 cm³/mol. The number of carbonyl (C=O) groups is 2. The number of nitrogens with two attached hydrogens (primary N) is 1. The molecule has 26 heavy (non-hydrogen) atoms. The molecule has 138 valence electrons. The highest BCUT2D eigenvalue weighted by atomic mass is 16.5. The van der Waals surface area contributed by atoms with E-state index in [4.69, 9.17) is 10.5 Å². The Morgan fingerprint density at radius 2 is 1.69 bits per heavy atom. The lowest BCUT2D eigenvalue weighted by molar-refractivity contribution is -0.125. The van der Waals surface area contributed by atoms with Crippen LogP contribution in [0.1, 0.15) is 19.4 Å². The highest BCUT2D eigenvalue weighted by Gasteiger charge is 2.17. The van der Waals surface area contributed by atoms with Gasteiger partial charge in [-0.3, -0.25) is 9.59 Å². The highest BCUT2D eigenvalue weighted by Crippen LogP contribution is 2.17. The van der Waals surface area contributed by atoms with Gasteiger partial charge in [-0.15, -0.1) is 0 Å². The van der Waals surface area contributed by atoms with Gasteiger partial charge in [-0.05, 0) is 35.7 Å². The van der Waals surface area contributed by atoms with Crippen molar-refractivity contribution in [2.45, 2.75) is 26.5 Å². The van der Waals surface area contributed by atoms with E-state index in [1.807, 2.05) is 44.2 Å². The standard InChI is InChI=1S/C20H25N3O3/c1-14(2)19(21)20(25)22-12-18(24)23-16-8-10-17(11-9-16)26-13-15-6-4-3-5-7-15/h3-11,14,19H,12-13,21H2,1-2H3,(H,22,25)(H,23,24)/t19-/m0/s1. The van der Waals surface area contributed by atoms with Crippen LogP contribution < -0.4 is 21.1 Å². The molecule has 2 amide bonds. The van der Waals surface area contributed by atoms with Gasteiger partial charge < -0.3 is 21.1 Å². The first-order valence-electron chi connectivity index (χ1n) is 8.55. The fourth-order valence-electron chi connectivity index (χ4n) is 2.17. The highest BCUT2D eigenvalue weighted by molar-refractivity contribution is 5.95. The van der Waals surface area contributed by atoms with Crippen LogP contribution in [-0.2, 0) is 16.2 Å². The molecule has 4 N–H and O–H groups in total. The number of carbonyl (C=O) groups excluding carboxylic acids is 2. The molecule has 6 nitrogen and oxygen atoms in total. The summed E-state index contributed by atoms with van der Waals surface area (Å²) in [5.74, 6) is 0.0802. The zero-order chi connectivity index (χ0) is 18.9. The second kappa shape index (κ2) is 9.58. The van der Waals surface area contributed by atoms with Crippen LogP contribution in [0.3, 0.4) is 0 Å². The Hall–Kier alpha value is -2.86. The molecule has 0 saturated heterocycles. The van der Waals surface area contributed by atoms with Crippen LogP contribution in [0.5, 0.6) is 5.75 Å². The minimum atomic E-state index is -0.621. The maximum atomic E-state index is 11.9. The quantitative estimate of drug-likeness (QED) is 0.677. The molecule has 0 unspecified atom stereocenters. The van der Waals surface area contributed by atoms with E-state index in [0.29, 0.717) is 18.0 Å². The first-order valence-corrected chi connectivity index (χ1v) is 8.55. The van der Waals surface area contributed by atoms with E-state index >= 15 is 0 Å². The third-order valence-corrected chi connectivity index (χ3v) is 3.83. The summed E-state index contributed by atoms with van der Waals surface area (Å²) >= 11 is 0. The van der Waals surface area contributed by atoms with Crippen LogP contribution in [0, 0.1) is 5.92 Å². The molecular weight excluding hydrogens is 330 g/mol. The summed E-state index contributed by atoms with van der Waals surface area (Å²) in [5.41, 5.74) is 7.44. The van der Waals surface area contributed by atoms with Gasteiger partial charge in [0, 0.05) is 5.69 Å². The van der Waals surface area contributed by atoms with Gasteiger partial charge in [0.2, 0.25) is 11.8 Å². The molecule has 1 atom stereocenters. The predicted octanol–water partition coefficient (Wildman–Crippen LogP) is 2.30. The number of amides is 2. The molecule has 0 radical (unpaired) electrons. The van der Waals surface area contributed by atoms with Gasteiger partial charge in [-0.1, -0.05) is 44.2 Å². The van der Waals surface area contributed by atoms with Crippen molar-refractivity contribution in [3.63, 3.8) is 0 Å². The molecule has 2 aromatic rings. The van der Waals surface area contributed by atoms with Crippen molar-refractivity contribution < 1.29 is 14.3 Å². The number of hydrogen-bond donors (Lipinski definition) is 3. The Morgan fingerprint density at radius 3 is 2.31 bits per heavy atom. The normalized spacial score (nSPS) is 11.7. The second-order valence-corrected chi connectivity index (χ2v) is 6.33. The number of nitrogens with one attached hydrogen (secondary N) is 2. The molecule has 0 aliphatic heterocycles. The third-order valence-electron chi connectivity index (χ3n) is 3.83. The van der Waals surface area contributed by atoms with Crippen molar-refractivity contribution in [2.75, 3.05) is 11.9 Å². The Kier molecular flexibility index (Phi) is 7.17. The minimum Gasteiger partial charge on any atom is -0.489 e. The molecule has 0 spiro atoms. The van der Waals surface area contributed by atoms with E-state index in [-0.39, 0.29) is 24.3 Å². The van der Waals surface area contributed by atoms with Crippen LogP contribution in [-0.4, -0.2) is 24.4 Å². The van der Waals surface area contributed by atoms with Crippen molar-refractivity contribution in [2.24, 2.45) is 11.7 Å². The molecule has 2 aromatic carbocycles. The van der Waals surface area contributed by atoms with Crippen LogP contribution in [0.2, 0.25) is 0 Å².